The highest BCUT2D eigenvalue weighted by Gasteiger charge is 2.45. The molecule has 0 bridgehead atoms. The minimum atomic E-state index is -1.30. The number of nitrogens with zero attached hydrogens (tertiary/aromatic N) is 1. The van der Waals surface area contributed by atoms with Gasteiger partial charge in [-0.3, -0.25) is 24.5 Å². The molecule has 4 amide bonds. The number of amides is 4. The van der Waals surface area contributed by atoms with E-state index < -0.39 is 17.6 Å². The molecule has 0 saturated carbocycles. The quantitative estimate of drug-likeness (QED) is 0.473. The van der Waals surface area contributed by atoms with E-state index in [1.54, 1.807) is 18.2 Å². The number of carbonyl (C=O) groups is 4. The summed E-state index contributed by atoms with van der Waals surface area (Å²) >= 11 is 0. The van der Waals surface area contributed by atoms with Gasteiger partial charge in [-0.2, -0.15) is 0 Å². The van der Waals surface area contributed by atoms with Crippen LogP contribution in [-0.2, 0) is 19.2 Å². The maximum atomic E-state index is 12.7. The van der Waals surface area contributed by atoms with E-state index in [0.717, 1.165) is 0 Å². The molecule has 8 nitrogen and oxygen atoms in total. The van der Waals surface area contributed by atoms with Crippen LogP contribution in [0.25, 0.3) is 0 Å². The summed E-state index contributed by atoms with van der Waals surface area (Å²) in [5.41, 5.74) is 5.80. The molecule has 2 unspecified atom stereocenters. The summed E-state index contributed by atoms with van der Waals surface area (Å²) in [5.74, 6) is -1.44. The second-order valence-electron chi connectivity index (χ2n) is 6.33. The largest absolute Gasteiger partial charge is 0.331 e. The molecule has 8 heteroatoms. The number of carbonyl (C=O) groups excluding carboxylic acids is 4. The third kappa shape index (κ3) is 3.00. The van der Waals surface area contributed by atoms with Crippen LogP contribution >= 0.6 is 0 Å². The lowest BCUT2D eigenvalue weighted by Gasteiger charge is -2.30. The van der Waals surface area contributed by atoms with Crippen molar-refractivity contribution in [1.29, 1.82) is 0 Å². The van der Waals surface area contributed by atoms with Crippen molar-refractivity contribution in [2.75, 3.05) is 0 Å². The minimum Gasteiger partial charge on any atom is -0.331 e. The first kappa shape index (κ1) is 17.1. The van der Waals surface area contributed by atoms with Crippen LogP contribution in [-0.4, -0.2) is 40.2 Å². The van der Waals surface area contributed by atoms with Crippen molar-refractivity contribution < 1.29 is 19.2 Å². The summed E-state index contributed by atoms with van der Waals surface area (Å²) in [6, 6.07) is -0.764. The van der Waals surface area contributed by atoms with Gasteiger partial charge in [0.25, 0.3) is 5.91 Å². The number of piperidine rings is 1. The standard InChI is InChI=1S/C17H20N4O4/c1-2-4-14(23)20-17(18)8-3-5-10-11(17)9-21(16(10)25)12-6-7-13(22)19-15(12)24/h3,5,8-9,12H,2,4,6-7,18H2,1H3,(H,20,23)(H,19,22,24). The van der Waals surface area contributed by atoms with E-state index in [1.807, 2.05) is 6.92 Å². The molecule has 2 atom stereocenters. The second-order valence-corrected chi connectivity index (χ2v) is 6.33. The zero-order valence-corrected chi connectivity index (χ0v) is 13.9. The highest BCUT2D eigenvalue weighted by Crippen LogP contribution is 2.35. The molecule has 2 aliphatic heterocycles. The maximum absolute atomic E-state index is 12.7. The van der Waals surface area contributed by atoms with Gasteiger partial charge in [-0.25, -0.2) is 0 Å². The van der Waals surface area contributed by atoms with Gasteiger partial charge in [0.1, 0.15) is 11.7 Å². The fourth-order valence-corrected chi connectivity index (χ4v) is 3.21. The molecule has 1 aliphatic carbocycles. The first-order chi connectivity index (χ1) is 11.9. The lowest BCUT2D eigenvalue weighted by Crippen LogP contribution is -2.56. The highest BCUT2D eigenvalue weighted by atomic mass is 16.2. The van der Waals surface area contributed by atoms with Gasteiger partial charge in [0.05, 0.1) is 0 Å². The van der Waals surface area contributed by atoms with Gasteiger partial charge in [-0.05, 0) is 25.0 Å². The van der Waals surface area contributed by atoms with Crippen molar-refractivity contribution in [3.8, 4) is 0 Å². The lowest BCUT2D eigenvalue weighted by molar-refractivity contribution is -0.141. The molecule has 0 aromatic rings. The summed E-state index contributed by atoms with van der Waals surface area (Å²) in [6.07, 6.45) is 7.75. The fourth-order valence-electron chi connectivity index (χ4n) is 3.21. The summed E-state index contributed by atoms with van der Waals surface area (Å²) in [7, 11) is 0. The van der Waals surface area contributed by atoms with Crippen molar-refractivity contribution >= 4 is 23.6 Å². The predicted molar refractivity (Wildman–Crippen MR) is 88.3 cm³/mol. The van der Waals surface area contributed by atoms with E-state index in [0.29, 0.717) is 24.0 Å². The van der Waals surface area contributed by atoms with Crippen molar-refractivity contribution in [2.24, 2.45) is 5.73 Å². The first-order valence-corrected chi connectivity index (χ1v) is 8.24. The molecule has 4 N–H and O–H groups in total. The summed E-state index contributed by atoms with van der Waals surface area (Å²) in [4.78, 5) is 49.4. The Morgan fingerprint density at radius 1 is 1.44 bits per heavy atom. The van der Waals surface area contributed by atoms with Gasteiger partial charge in [-0.15, -0.1) is 0 Å². The van der Waals surface area contributed by atoms with Crippen LogP contribution in [0, 0.1) is 0 Å². The Balaban J connectivity index is 1.88. The number of hydrogen-bond donors (Lipinski definition) is 3. The van der Waals surface area contributed by atoms with E-state index in [1.165, 1.54) is 11.1 Å². The molecule has 3 rings (SSSR count). The number of hydrogen-bond acceptors (Lipinski definition) is 5. The molecule has 0 spiro atoms. The predicted octanol–water partition coefficient (Wildman–Crippen LogP) is -0.415. The Labute approximate surface area is 144 Å². The molecule has 1 fully saturated rings. The number of rotatable bonds is 4. The number of nitrogens with one attached hydrogen (secondary N) is 2. The van der Waals surface area contributed by atoms with Crippen LogP contribution in [0.15, 0.2) is 35.6 Å². The second kappa shape index (κ2) is 6.29. The number of nitrogens with two attached hydrogens (primary N) is 1. The average molecular weight is 344 g/mol. The Morgan fingerprint density at radius 3 is 2.88 bits per heavy atom. The van der Waals surface area contributed by atoms with E-state index in [4.69, 9.17) is 5.73 Å². The van der Waals surface area contributed by atoms with E-state index >= 15 is 0 Å². The Morgan fingerprint density at radius 2 is 2.20 bits per heavy atom. The van der Waals surface area contributed by atoms with Crippen molar-refractivity contribution in [3.05, 3.63) is 35.6 Å². The molecule has 0 radical (unpaired) electrons. The smallest absolute Gasteiger partial charge is 0.259 e. The Kier molecular flexibility index (Phi) is 4.30. The van der Waals surface area contributed by atoms with Crippen molar-refractivity contribution in [3.63, 3.8) is 0 Å². The molecule has 2 heterocycles. The van der Waals surface area contributed by atoms with Gasteiger partial charge < -0.3 is 16.0 Å². The lowest BCUT2D eigenvalue weighted by atomic mass is 9.90. The molecule has 1 saturated heterocycles. The third-order valence-corrected chi connectivity index (χ3v) is 4.46. The number of fused-ring (bicyclic) bond motifs is 1. The zero-order chi connectivity index (χ0) is 18.2. The SMILES string of the molecule is CCCC(=O)NC1(N)C=CC=C2C(=O)N(C3CCC(=O)NC3=O)C=C21. The van der Waals surface area contributed by atoms with Gasteiger partial charge in [0.2, 0.25) is 17.7 Å². The Hall–Kier alpha value is -2.74. The maximum Gasteiger partial charge on any atom is 0.259 e. The van der Waals surface area contributed by atoms with Crippen LogP contribution in [0.5, 0.6) is 0 Å². The van der Waals surface area contributed by atoms with E-state index in [-0.39, 0.29) is 30.6 Å². The fraction of sp³-hybridized carbons (Fsp3) is 0.412. The highest BCUT2D eigenvalue weighted by molar-refractivity contribution is 6.08. The molecule has 3 aliphatic rings. The molecular formula is C17H20N4O4. The van der Waals surface area contributed by atoms with Crippen LogP contribution < -0.4 is 16.4 Å². The monoisotopic (exact) mass is 344 g/mol. The summed E-state index contributed by atoms with van der Waals surface area (Å²) < 4.78 is 0. The van der Waals surface area contributed by atoms with E-state index in [9.17, 15) is 19.2 Å². The summed E-state index contributed by atoms with van der Waals surface area (Å²) in [5, 5.41) is 4.98. The van der Waals surface area contributed by atoms with Crippen LogP contribution in [0.2, 0.25) is 0 Å². The zero-order valence-electron chi connectivity index (χ0n) is 13.9. The first-order valence-electron chi connectivity index (χ1n) is 8.24. The van der Waals surface area contributed by atoms with Gasteiger partial charge in [0.15, 0.2) is 0 Å². The van der Waals surface area contributed by atoms with E-state index in [2.05, 4.69) is 10.6 Å². The molecule has 132 valence electrons. The van der Waals surface area contributed by atoms with Crippen molar-refractivity contribution in [1.82, 2.24) is 15.5 Å². The molecule has 0 aromatic heterocycles. The van der Waals surface area contributed by atoms with Crippen LogP contribution in [0.3, 0.4) is 0 Å². The topological polar surface area (TPSA) is 122 Å². The van der Waals surface area contributed by atoms with Crippen LogP contribution in [0.4, 0.5) is 0 Å². The number of allylic oxidation sites excluding steroid dienone is 2. The normalized spacial score (nSPS) is 28.3. The van der Waals surface area contributed by atoms with Gasteiger partial charge in [0, 0.05) is 30.2 Å². The summed E-state index contributed by atoms with van der Waals surface area (Å²) in [6.45, 7) is 1.88. The Bertz CT molecular complexity index is 752. The molecule has 0 aromatic carbocycles. The number of imide groups is 1. The minimum absolute atomic E-state index is 0.168. The average Bonchev–Trinajstić information content (AvgIpc) is 2.86. The molecular weight excluding hydrogens is 324 g/mol. The molecule has 25 heavy (non-hydrogen) atoms. The van der Waals surface area contributed by atoms with Gasteiger partial charge in [-0.1, -0.05) is 13.0 Å². The van der Waals surface area contributed by atoms with Crippen molar-refractivity contribution in [2.45, 2.75) is 44.3 Å². The van der Waals surface area contributed by atoms with Gasteiger partial charge >= 0.3 is 0 Å². The van der Waals surface area contributed by atoms with Crippen LogP contribution in [0.1, 0.15) is 32.6 Å². The third-order valence-electron chi connectivity index (χ3n) is 4.46.